The first-order chi connectivity index (χ1) is 17.5. The molecule has 0 amide bonds. The molecule has 0 radical (unpaired) electrons. The minimum absolute atomic E-state index is 0.0814. The Morgan fingerprint density at radius 1 is 0.944 bits per heavy atom. The molecule has 0 saturated heterocycles. The van der Waals surface area contributed by atoms with Crippen molar-refractivity contribution in [3.05, 3.63) is 84.6 Å². The fourth-order valence-electron chi connectivity index (χ4n) is 4.08. The highest BCUT2D eigenvalue weighted by atomic mass is 31.2. The van der Waals surface area contributed by atoms with E-state index in [0.29, 0.717) is 5.69 Å². The third-order valence-corrected chi connectivity index (χ3v) is 7.75. The summed E-state index contributed by atoms with van der Waals surface area (Å²) in [6, 6.07) is 23.4. The highest BCUT2D eigenvalue weighted by molar-refractivity contribution is 7.53. The first-order valence-corrected chi connectivity index (χ1v) is 13.7. The Kier molecular flexibility index (Phi) is 8.65. The van der Waals surface area contributed by atoms with Gasteiger partial charge in [-0.2, -0.15) is 0 Å². The topological polar surface area (TPSA) is 92.5 Å². The first-order valence-electron chi connectivity index (χ1n) is 12.0. The molecule has 9 heteroatoms. The van der Waals surface area contributed by atoms with E-state index in [1.54, 1.807) is 24.7 Å². The number of aromatic nitrogens is 3. The van der Waals surface area contributed by atoms with Crippen LogP contribution in [0.4, 0.5) is 0 Å². The van der Waals surface area contributed by atoms with Crippen molar-refractivity contribution in [2.24, 2.45) is 0 Å². The second kappa shape index (κ2) is 12.1. The van der Waals surface area contributed by atoms with Crippen molar-refractivity contribution < 1.29 is 23.1 Å². The minimum Gasteiger partial charge on any atom is -0.459 e. The molecule has 0 bridgehead atoms. The van der Waals surface area contributed by atoms with E-state index in [-0.39, 0.29) is 32.3 Å². The third kappa shape index (κ3) is 6.66. The molecular weight excluding hydrogens is 477 g/mol. The van der Waals surface area contributed by atoms with Crippen molar-refractivity contribution in [2.75, 3.05) is 19.4 Å². The number of nitrogens with zero attached hydrogens (tertiary/aromatic N) is 3. The average Bonchev–Trinajstić information content (AvgIpc) is 3.33. The molecule has 0 aliphatic carbocycles. The van der Waals surface area contributed by atoms with E-state index < -0.39 is 19.7 Å². The van der Waals surface area contributed by atoms with Gasteiger partial charge in [-0.1, -0.05) is 78.0 Å². The standard InChI is InChI=1S/C27H30N3O5P/c1-3-33-36(32,34-4-2)20-24(18-30-19-26(28-29-30)22-12-6-5-7-13-22)35-27(31)17-23-15-10-14-21-11-8-9-16-25(21)23/h5-16,19,24H,3-4,17-18,20H2,1-2H3. The van der Waals surface area contributed by atoms with Crippen LogP contribution in [0, 0.1) is 0 Å². The lowest BCUT2D eigenvalue weighted by Gasteiger charge is -2.23. The van der Waals surface area contributed by atoms with Crippen molar-refractivity contribution in [2.45, 2.75) is 32.9 Å². The van der Waals surface area contributed by atoms with Crippen molar-refractivity contribution in [3.63, 3.8) is 0 Å². The molecule has 0 aliphatic heterocycles. The van der Waals surface area contributed by atoms with E-state index in [4.69, 9.17) is 13.8 Å². The molecule has 3 aromatic carbocycles. The fourth-order valence-corrected chi connectivity index (χ4v) is 5.85. The summed E-state index contributed by atoms with van der Waals surface area (Å²) in [7, 11) is -3.48. The summed E-state index contributed by atoms with van der Waals surface area (Å²) in [6.07, 6.45) is 0.976. The van der Waals surface area contributed by atoms with Gasteiger partial charge in [0.05, 0.1) is 38.5 Å². The van der Waals surface area contributed by atoms with Crippen LogP contribution in [0.25, 0.3) is 22.0 Å². The summed E-state index contributed by atoms with van der Waals surface area (Å²) in [4.78, 5) is 13.0. The zero-order chi connectivity index (χ0) is 25.4. The molecule has 36 heavy (non-hydrogen) atoms. The maximum absolute atomic E-state index is 13.3. The van der Waals surface area contributed by atoms with E-state index in [0.717, 1.165) is 21.9 Å². The number of hydrogen-bond donors (Lipinski definition) is 0. The number of rotatable bonds is 12. The summed E-state index contributed by atoms with van der Waals surface area (Å²) in [5, 5.41) is 10.5. The van der Waals surface area contributed by atoms with E-state index in [2.05, 4.69) is 10.3 Å². The summed E-state index contributed by atoms with van der Waals surface area (Å²) in [6.45, 7) is 4.09. The van der Waals surface area contributed by atoms with Crippen LogP contribution in [0.5, 0.6) is 0 Å². The SMILES string of the molecule is CCOP(=O)(CC(Cn1cc(-c2ccccc2)nn1)OC(=O)Cc1cccc2ccccc12)OCC. The van der Waals surface area contributed by atoms with Crippen LogP contribution >= 0.6 is 7.60 Å². The maximum Gasteiger partial charge on any atom is 0.334 e. The number of esters is 1. The summed E-state index contributed by atoms with van der Waals surface area (Å²) in [5.41, 5.74) is 2.47. The zero-order valence-corrected chi connectivity index (χ0v) is 21.3. The van der Waals surface area contributed by atoms with E-state index in [9.17, 15) is 9.36 Å². The number of benzene rings is 3. The second-order valence-electron chi connectivity index (χ2n) is 8.25. The monoisotopic (exact) mass is 507 g/mol. The average molecular weight is 508 g/mol. The van der Waals surface area contributed by atoms with Gasteiger partial charge >= 0.3 is 13.6 Å². The molecule has 1 atom stereocenters. The molecule has 1 unspecified atom stereocenters. The highest BCUT2D eigenvalue weighted by Crippen LogP contribution is 2.49. The molecule has 0 spiro atoms. The van der Waals surface area contributed by atoms with Gasteiger partial charge in [-0.15, -0.1) is 5.10 Å². The minimum atomic E-state index is -3.48. The Labute approximate surface area is 210 Å². The molecule has 8 nitrogen and oxygen atoms in total. The molecule has 0 saturated carbocycles. The number of hydrogen-bond acceptors (Lipinski definition) is 7. The lowest BCUT2D eigenvalue weighted by molar-refractivity contribution is -0.148. The summed E-state index contributed by atoms with van der Waals surface area (Å²) >= 11 is 0. The molecule has 0 fully saturated rings. The van der Waals surface area contributed by atoms with Gasteiger partial charge in [0.1, 0.15) is 11.8 Å². The van der Waals surface area contributed by atoms with Gasteiger partial charge in [0, 0.05) is 5.56 Å². The molecule has 188 valence electrons. The van der Waals surface area contributed by atoms with Crippen molar-refractivity contribution in [1.29, 1.82) is 0 Å². The van der Waals surface area contributed by atoms with Crippen molar-refractivity contribution >= 4 is 24.3 Å². The van der Waals surface area contributed by atoms with Gasteiger partial charge in [0.15, 0.2) is 0 Å². The molecule has 1 aromatic heterocycles. The van der Waals surface area contributed by atoms with Gasteiger partial charge in [-0.05, 0) is 30.2 Å². The molecular formula is C27H30N3O5P. The Hall–Kier alpha value is -3.32. The van der Waals surface area contributed by atoms with Gasteiger partial charge in [0.2, 0.25) is 0 Å². The predicted molar refractivity (Wildman–Crippen MR) is 139 cm³/mol. The van der Waals surface area contributed by atoms with Gasteiger partial charge in [-0.3, -0.25) is 9.36 Å². The third-order valence-electron chi connectivity index (χ3n) is 5.59. The van der Waals surface area contributed by atoms with E-state index >= 15 is 0 Å². The van der Waals surface area contributed by atoms with Crippen LogP contribution in [0.15, 0.2) is 79.0 Å². The lowest BCUT2D eigenvalue weighted by Crippen LogP contribution is -2.29. The predicted octanol–water partition coefficient (Wildman–Crippen LogP) is 5.52. The van der Waals surface area contributed by atoms with Crippen LogP contribution in [0.3, 0.4) is 0 Å². The summed E-state index contributed by atoms with van der Waals surface area (Å²) < 4.78 is 31.6. The first kappa shape index (κ1) is 25.8. The Morgan fingerprint density at radius 2 is 1.64 bits per heavy atom. The van der Waals surface area contributed by atoms with Crippen LogP contribution in [-0.2, 0) is 36.1 Å². The van der Waals surface area contributed by atoms with Gasteiger partial charge < -0.3 is 13.8 Å². The van der Waals surface area contributed by atoms with E-state index in [1.807, 2.05) is 72.8 Å². The second-order valence-corrected chi connectivity index (χ2v) is 10.4. The number of carbonyl (C=O) groups is 1. The van der Waals surface area contributed by atoms with Gasteiger partial charge in [-0.25, -0.2) is 4.68 Å². The number of ether oxygens (including phenoxy) is 1. The van der Waals surface area contributed by atoms with Crippen molar-refractivity contribution in [3.8, 4) is 11.3 Å². The number of carbonyl (C=O) groups excluding carboxylic acids is 1. The fraction of sp³-hybridized carbons (Fsp3) is 0.296. The van der Waals surface area contributed by atoms with Crippen LogP contribution in [-0.4, -0.2) is 46.4 Å². The Morgan fingerprint density at radius 3 is 2.39 bits per heavy atom. The van der Waals surface area contributed by atoms with Crippen LogP contribution in [0.1, 0.15) is 19.4 Å². The molecule has 4 rings (SSSR count). The number of fused-ring (bicyclic) bond motifs is 1. The Balaban J connectivity index is 1.54. The Bertz CT molecular complexity index is 1330. The van der Waals surface area contributed by atoms with Crippen LogP contribution in [0.2, 0.25) is 0 Å². The smallest absolute Gasteiger partial charge is 0.334 e. The quantitative estimate of drug-likeness (QED) is 0.184. The lowest BCUT2D eigenvalue weighted by atomic mass is 10.0. The highest BCUT2D eigenvalue weighted by Gasteiger charge is 2.31. The van der Waals surface area contributed by atoms with Gasteiger partial charge in [0.25, 0.3) is 0 Å². The molecule has 0 N–H and O–H groups in total. The largest absolute Gasteiger partial charge is 0.459 e. The maximum atomic E-state index is 13.3. The summed E-state index contributed by atoms with van der Waals surface area (Å²) in [5.74, 6) is -0.431. The normalized spacial score (nSPS) is 12.5. The van der Waals surface area contributed by atoms with Crippen LogP contribution < -0.4 is 0 Å². The van der Waals surface area contributed by atoms with Crippen molar-refractivity contribution in [1.82, 2.24) is 15.0 Å². The van der Waals surface area contributed by atoms with E-state index in [1.165, 1.54) is 0 Å². The molecule has 4 aromatic rings. The zero-order valence-electron chi connectivity index (χ0n) is 20.4. The molecule has 1 heterocycles. The molecule has 0 aliphatic rings.